The Bertz CT molecular complexity index is 570. The Morgan fingerprint density at radius 3 is 2.47 bits per heavy atom. The van der Waals surface area contributed by atoms with Gasteiger partial charge in [0.25, 0.3) is 0 Å². The van der Waals surface area contributed by atoms with Gasteiger partial charge in [-0.2, -0.15) is 5.26 Å². The maximum Gasteiger partial charge on any atom is 0.165 e. The number of hydrogen-bond donors (Lipinski definition) is 0. The number of benzene rings is 2. The van der Waals surface area contributed by atoms with E-state index in [0.29, 0.717) is 11.3 Å². The van der Waals surface area contributed by atoms with Gasteiger partial charge < -0.3 is 4.74 Å². The first-order valence-electron chi connectivity index (χ1n) is 5.13. The fourth-order valence-electron chi connectivity index (χ4n) is 1.41. The van der Waals surface area contributed by atoms with E-state index in [-0.39, 0.29) is 5.75 Å². The lowest BCUT2D eigenvalue weighted by Gasteiger charge is -2.07. The number of hydrogen-bond acceptors (Lipinski definition) is 2. The summed E-state index contributed by atoms with van der Waals surface area (Å²) in [6.07, 6.45) is 0. The van der Waals surface area contributed by atoms with E-state index in [1.807, 2.05) is 13.0 Å². The lowest BCUT2D eigenvalue weighted by Crippen LogP contribution is -1.89. The summed E-state index contributed by atoms with van der Waals surface area (Å²) in [6.45, 7) is 1.87. The van der Waals surface area contributed by atoms with E-state index < -0.39 is 5.82 Å². The molecule has 0 amide bonds. The van der Waals surface area contributed by atoms with Crippen molar-refractivity contribution in [3.05, 3.63) is 59.4 Å². The Labute approximate surface area is 98.9 Å². The Morgan fingerprint density at radius 2 is 1.82 bits per heavy atom. The molecule has 2 aromatic carbocycles. The number of nitrogens with zero attached hydrogens (tertiary/aromatic N) is 1. The van der Waals surface area contributed by atoms with Crippen molar-refractivity contribution < 1.29 is 9.13 Å². The smallest absolute Gasteiger partial charge is 0.165 e. The summed E-state index contributed by atoms with van der Waals surface area (Å²) >= 11 is 0. The summed E-state index contributed by atoms with van der Waals surface area (Å²) in [5.41, 5.74) is 1.47. The Balaban J connectivity index is 2.25. The molecule has 0 aliphatic carbocycles. The standard InChI is InChI=1S/C14H10FNO/c1-10-2-7-13(15)14(8-10)17-12-5-3-11(9-16)4-6-12/h2-8H,1H3. The molecule has 2 rings (SSSR count). The van der Waals surface area contributed by atoms with Crippen LogP contribution in [0, 0.1) is 24.1 Å². The zero-order chi connectivity index (χ0) is 12.3. The summed E-state index contributed by atoms with van der Waals surface area (Å²) in [5.74, 6) is 0.295. The van der Waals surface area contributed by atoms with E-state index in [0.717, 1.165) is 5.56 Å². The minimum Gasteiger partial charge on any atom is -0.454 e. The molecule has 0 radical (unpaired) electrons. The van der Waals surface area contributed by atoms with Crippen LogP contribution in [0.2, 0.25) is 0 Å². The van der Waals surface area contributed by atoms with E-state index in [1.165, 1.54) is 6.07 Å². The zero-order valence-electron chi connectivity index (χ0n) is 9.27. The maximum absolute atomic E-state index is 13.4. The van der Waals surface area contributed by atoms with Crippen LogP contribution in [0.15, 0.2) is 42.5 Å². The summed E-state index contributed by atoms with van der Waals surface area (Å²) < 4.78 is 18.8. The molecule has 0 unspecified atom stereocenters. The van der Waals surface area contributed by atoms with Crippen molar-refractivity contribution in [1.82, 2.24) is 0 Å². The maximum atomic E-state index is 13.4. The molecule has 17 heavy (non-hydrogen) atoms. The van der Waals surface area contributed by atoms with Gasteiger partial charge in [0.2, 0.25) is 0 Å². The van der Waals surface area contributed by atoms with Gasteiger partial charge in [-0.1, -0.05) is 6.07 Å². The molecule has 84 valence electrons. The molecule has 2 nitrogen and oxygen atoms in total. The Kier molecular flexibility index (Phi) is 3.06. The van der Waals surface area contributed by atoms with E-state index in [4.69, 9.17) is 10.00 Å². The van der Waals surface area contributed by atoms with Gasteiger partial charge in [0.1, 0.15) is 5.75 Å². The van der Waals surface area contributed by atoms with Gasteiger partial charge in [-0.25, -0.2) is 4.39 Å². The SMILES string of the molecule is Cc1ccc(F)c(Oc2ccc(C#N)cc2)c1. The van der Waals surface area contributed by atoms with Crippen LogP contribution in [0.3, 0.4) is 0 Å². The highest BCUT2D eigenvalue weighted by Crippen LogP contribution is 2.25. The first kappa shape index (κ1) is 11.2. The number of ether oxygens (including phenoxy) is 1. The molecule has 0 atom stereocenters. The van der Waals surface area contributed by atoms with Crippen LogP contribution >= 0.6 is 0 Å². The van der Waals surface area contributed by atoms with Crippen LogP contribution in [-0.4, -0.2) is 0 Å². The van der Waals surface area contributed by atoms with E-state index in [2.05, 4.69) is 0 Å². The largest absolute Gasteiger partial charge is 0.454 e. The van der Waals surface area contributed by atoms with Crippen LogP contribution < -0.4 is 4.74 Å². The molecule has 0 aliphatic rings. The molecule has 0 aliphatic heterocycles. The highest BCUT2D eigenvalue weighted by Gasteiger charge is 2.04. The fraction of sp³-hybridized carbons (Fsp3) is 0.0714. The quantitative estimate of drug-likeness (QED) is 0.781. The molecule has 0 spiro atoms. The Morgan fingerprint density at radius 1 is 1.12 bits per heavy atom. The molecule has 0 aromatic heterocycles. The number of rotatable bonds is 2. The third kappa shape index (κ3) is 2.61. The van der Waals surface area contributed by atoms with Crippen LogP contribution in [-0.2, 0) is 0 Å². The van der Waals surface area contributed by atoms with Gasteiger partial charge in [-0.3, -0.25) is 0 Å². The molecule has 0 fully saturated rings. The van der Waals surface area contributed by atoms with E-state index in [9.17, 15) is 4.39 Å². The Hall–Kier alpha value is -2.34. The molecular weight excluding hydrogens is 217 g/mol. The molecule has 3 heteroatoms. The van der Waals surface area contributed by atoms with Crippen molar-refractivity contribution in [2.75, 3.05) is 0 Å². The fourth-order valence-corrected chi connectivity index (χ4v) is 1.41. The third-order valence-corrected chi connectivity index (χ3v) is 2.30. The molecule has 0 saturated carbocycles. The van der Waals surface area contributed by atoms with Crippen molar-refractivity contribution in [1.29, 1.82) is 5.26 Å². The zero-order valence-corrected chi connectivity index (χ0v) is 9.27. The van der Waals surface area contributed by atoms with Crippen molar-refractivity contribution >= 4 is 0 Å². The summed E-state index contributed by atoms with van der Waals surface area (Å²) in [7, 11) is 0. The van der Waals surface area contributed by atoms with Crippen molar-refractivity contribution in [3.63, 3.8) is 0 Å². The molecule has 0 saturated heterocycles. The second-order valence-corrected chi connectivity index (χ2v) is 3.67. The van der Waals surface area contributed by atoms with Gasteiger partial charge >= 0.3 is 0 Å². The van der Waals surface area contributed by atoms with Gasteiger partial charge in [0, 0.05) is 0 Å². The minimum atomic E-state index is -0.403. The minimum absolute atomic E-state index is 0.190. The molecule has 0 heterocycles. The van der Waals surface area contributed by atoms with Crippen molar-refractivity contribution in [2.45, 2.75) is 6.92 Å². The molecule has 2 aromatic rings. The third-order valence-electron chi connectivity index (χ3n) is 2.30. The topological polar surface area (TPSA) is 33.0 Å². The highest BCUT2D eigenvalue weighted by atomic mass is 19.1. The van der Waals surface area contributed by atoms with Crippen LogP contribution in [0.1, 0.15) is 11.1 Å². The monoisotopic (exact) mass is 227 g/mol. The van der Waals surface area contributed by atoms with E-state index in [1.54, 1.807) is 36.4 Å². The lowest BCUT2D eigenvalue weighted by atomic mass is 10.2. The first-order chi connectivity index (χ1) is 8.19. The van der Waals surface area contributed by atoms with E-state index >= 15 is 0 Å². The number of aryl methyl sites for hydroxylation is 1. The van der Waals surface area contributed by atoms with Crippen LogP contribution in [0.4, 0.5) is 4.39 Å². The van der Waals surface area contributed by atoms with Crippen LogP contribution in [0.25, 0.3) is 0 Å². The molecular formula is C14H10FNO. The average Bonchev–Trinajstić information content (AvgIpc) is 2.35. The second-order valence-electron chi connectivity index (χ2n) is 3.67. The van der Waals surface area contributed by atoms with Gasteiger partial charge in [0.05, 0.1) is 11.6 Å². The normalized spacial score (nSPS) is 9.71. The summed E-state index contributed by atoms with van der Waals surface area (Å²) in [6, 6.07) is 13.2. The van der Waals surface area contributed by atoms with Crippen LogP contribution in [0.5, 0.6) is 11.5 Å². The van der Waals surface area contributed by atoms with Crippen molar-refractivity contribution in [3.8, 4) is 17.6 Å². The summed E-state index contributed by atoms with van der Waals surface area (Å²) in [5, 5.41) is 8.65. The molecule has 0 bridgehead atoms. The number of nitriles is 1. The number of halogens is 1. The predicted octanol–water partition coefficient (Wildman–Crippen LogP) is 3.80. The highest BCUT2D eigenvalue weighted by molar-refractivity contribution is 5.38. The summed E-state index contributed by atoms with van der Waals surface area (Å²) in [4.78, 5) is 0. The average molecular weight is 227 g/mol. The van der Waals surface area contributed by atoms with Crippen molar-refractivity contribution in [2.24, 2.45) is 0 Å². The first-order valence-corrected chi connectivity index (χ1v) is 5.13. The molecule has 0 N–H and O–H groups in total. The lowest BCUT2D eigenvalue weighted by molar-refractivity contribution is 0.442. The predicted molar refractivity (Wildman–Crippen MR) is 62.4 cm³/mol. The second kappa shape index (κ2) is 4.67. The van der Waals surface area contributed by atoms with Gasteiger partial charge in [-0.05, 0) is 48.9 Å². The van der Waals surface area contributed by atoms with Gasteiger partial charge in [0.15, 0.2) is 11.6 Å². The van der Waals surface area contributed by atoms with Gasteiger partial charge in [-0.15, -0.1) is 0 Å².